The lowest BCUT2D eigenvalue weighted by Gasteiger charge is -2.20. The van der Waals surface area contributed by atoms with Gasteiger partial charge >= 0.3 is 5.97 Å². The van der Waals surface area contributed by atoms with Gasteiger partial charge in [0.1, 0.15) is 11.5 Å². The summed E-state index contributed by atoms with van der Waals surface area (Å²) in [6.07, 6.45) is 5.34. The molecule has 0 saturated heterocycles. The molecule has 2 aromatic rings. The number of fused-ring (bicyclic) bond motifs is 1. The second-order valence-corrected chi connectivity index (χ2v) is 7.21. The number of imidazole rings is 1. The smallest absolute Gasteiger partial charge is 0.356 e. The predicted octanol–water partition coefficient (Wildman–Crippen LogP) is 1.01. The van der Waals surface area contributed by atoms with Crippen LogP contribution < -0.4 is 4.72 Å². The Labute approximate surface area is 133 Å². The number of aromatic carboxylic acids is 1. The third-order valence-corrected chi connectivity index (χ3v) is 5.18. The number of rotatable bonds is 4. The fourth-order valence-electron chi connectivity index (χ4n) is 2.76. The number of nitrogens with one attached hydrogen (secondary N) is 1. The van der Waals surface area contributed by atoms with Gasteiger partial charge in [-0.25, -0.2) is 9.78 Å². The maximum Gasteiger partial charge on any atom is 0.356 e. The van der Waals surface area contributed by atoms with Crippen LogP contribution in [0.4, 0.5) is 5.69 Å². The normalized spacial score (nSPS) is 17.7. The van der Waals surface area contributed by atoms with E-state index in [2.05, 4.69) is 14.8 Å². The van der Waals surface area contributed by atoms with Gasteiger partial charge in [-0.15, -0.1) is 0 Å². The number of carboxylic acid groups (broad SMARTS) is 1. The minimum atomic E-state index is -3.97. The monoisotopic (exact) mass is 339 g/mol. The largest absolute Gasteiger partial charge is 0.476 e. The Morgan fingerprint density at radius 1 is 1.48 bits per heavy atom. The molecule has 0 aliphatic carbocycles. The third-order valence-electron chi connectivity index (χ3n) is 3.94. The van der Waals surface area contributed by atoms with Crippen molar-refractivity contribution in [2.24, 2.45) is 7.05 Å². The van der Waals surface area contributed by atoms with Gasteiger partial charge in [-0.05, 0) is 19.8 Å². The lowest BCUT2D eigenvalue weighted by Crippen LogP contribution is -2.16. The van der Waals surface area contributed by atoms with Gasteiger partial charge in [0.2, 0.25) is 0 Å². The quantitative estimate of drug-likeness (QED) is 0.858. The minimum absolute atomic E-state index is 0.0842. The number of carbonyl (C=O) groups is 1. The van der Waals surface area contributed by atoms with Crippen LogP contribution in [0, 0.1) is 0 Å². The molecule has 0 bridgehead atoms. The maximum atomic E-state index is 12.5. The molecule has 1 unspecified atom stereocenters. The topological polar surface area (TPSA) is 119 Å². The summed E-state index contributed by atoms with van der Waals surface area (Å²) in [4.78, 5) is 15.4. The van der Waals surface area contributed by atoms with E-state index in [-0.39, 0.29) is 22.4 Å². The van der Waals surface area contributed by atoms with Crippen molar-refractivity contribution in [3.8, 4) is 0 Å². The molecule has 1 atom stereocenters. The van der Waals surface area contributed by atoms with Crippen molar-refractivity contribution in [2.45, 2.75) is 37.3 Å². The van der Waals surface area contributed by atoms with Gasteiger partial charge in [-0.2, -0.15) is 13.5 Å². The summed E-state index contributed by atoms with van der Waals surface area (Å²) < 4.78 is 30.2. The number of nitrogens with zero attached hydrogens (tertiary/aromatic N) is 4. The van der Waals surface area contributed by atoms with E-state index in [9.17, 15) is 13.2 Å². The number of carboxylic acids is 1. The highest BCUT2D eigenvalue weighted by Crippen LogP contribution is 2.26. The number of anilines is 1. The highest BCUT2D eigenvalue weighted by Gasteiger charge is 2.27. The van der Waals surface area contributed by atoms with E-state index < -0.39 is 16.0 Å². The highest BCUT2D eigenvalue weighted by atomic mass is 32.2. The summed E-state index contributed by atoms with van der Waals surface area (Å²) in [5, 5.41) is 12.8. The van der Waals surface area contributed by atoms with E-state index in [0.29, 0.717) is 0 Å². The Morgan fingerprint density at radius 2 is 2.22 bits per heavy atom. The lowest BCUT2D eigenvalue weighted by molar-refractivity contribution is 0.0686. The van der Waals surface area contributed by atoms with E-state index in [0.717, 1.165) is 29.8 Å². The first-order valence-corrected chi connectivity index (χ1v) is 8.64. The van der Waals surface area contributed by atoms with Crippen molar-refractivity contribution < 1.29 is 18.3 Å². The molecule has 0 fully saturated rings. The molecule has 2 aromatic heterocycles. The fourth-order valence-corrected chi connectivity index (χ4v) is 3.78. The van der Waals surface area contributed by atoms with Crippen LogP contribution in [0.5, 0.6) is 0 Å². The first-order valence-electron chi connectivity index (χ1n) is 7.15. The van der Waals surface area contributed by atoms with Gasteiger partial charge in [0.25, 0.3) is 10.0 Å². The maximum absolute atomic E-state index is 12.5. The van der Waals surface area contributed by atoms with E-state index in [1.165, 1.54) is 19.4 Å². The van der Waals surface area contributed by atoms with Crippen LogP contribution in [-0.2, 0) is 23.5 Å². The molecule has 0 radical (unpaired) electrons. The molecule has 0 spiro atoms. The van der Waals surface area contributed by atoms with Gasteiger partial charge in [0, 0.05) is 25.7 Å². The molecule has 1 aliphatic heterocycles. The van der Waals surface area contributed by atoms with Crippen molar-refractivity contribution in [2.75, 3.05) is 4.72 Å². The van der Waals surface area contributed by atoms with Gasteiger partial charge in [0.05, 0.1) is 6.20 Å². The summed E-state index contributed by atoms with van der Waals surface area (Å²) in [5.74, 6) is -0.533. The minimum Gasteiger partial charge on any atom is -0.476 e. The zero-order valence-corrected chi connectivity index (χ0v) is 13.5. The number of aryl methyl sites for hydroxylation is 2. The Balaban J connectivity index is 1.96. The Hall–Kier alpha value is -2.36. The molecule has 0 saturated carbocycles. The average molecular weight is 339 g/mol. The molecule has 0 amide bonds. The molecule has 2 N–H and O–H groups in total. The number of hydrogen-bond acceptors (Lipinski definition) is 5. The second kappa shape index (κ2) is 5.37. The fraction of sp³-hybridized carbons (Fsp3) is 0.462. The van der Waals surface area contributed by atoms with E-state index >= 15 is 0 Å². The van der Waals surface area contributed by atoms with Crippen molar-refractivity contribution in [3.63, 3.8) is 0 Å². The zero-order valence-electron chi connectivity index (χ0n) is 12.7. The molecular weight excluding hydrogens is 322 g/mol. The Morgan fingerprint density at radius 3 is 2.87 bits per heavy atom. The van der Waals surface area contributed by atoms with E-state index in [4.69, 9.17) is 5.11 Å². The van der Waals surface area contributed by atoms with Gasteiger partial charge in [-0.1, -0.05) is 0 Å². The molecule has 3 rings (SSSR count). The number of aromatic nitrogens is 4. The number of sulfonamides is 1. The first kappa shape index (κ1) is 15.5. The number of hydrogen-bond donors (Lipinski definition) is 2. The van der Waals surface area contributed by atoms with Crippen molar-refractivity contribution in [1.82, 2.24) is 19.3 Å². The summed E-state index contributed by atoms with van der Waals surface area (Å²) in [6.45, 7) is 2.01. The summed E-state index contributed by atoms with van der Waals surface area (Å²) >= 11 is 0. The molecule has 10 heteroatoms. The van der Waals surface area contributed by atoms with Crippen LogP contribution in [0.1, 0.15) is 42.1 Å². The molecule has 3 heterocycles. The molecule has 1 aliphatic rings. The van der Waals surface area contributed by atoms with Crippen LogP contribution >= 0.6 is 0 Å². The van der Waals surface area contributed by atoms with Crippen LogP contribution in [-0.4, -0.2) is 38.8 Å². The van der Waals surface area contributed by atoms with Gasteiger partial charge in [-0.3, -0.25) is 9.40 Å². The van der Waals surface area contributed by atoms with Gasteiger partial charge < -0.3 is 9.67 Å². The standard InChI is InChI=1S/C13H17N5O4S/c1-8-4-3-5-10-15-11(7-18(8)10)23(21,22)16-9-6-14-17(2)12(9)13(19)20/h6-8,16H,3-5H2,1-2H3,(H,19,20). The van der Waals surface area contributed by atoms with Crippen molar-refractivity contribution in [3.05, 3.63) is 23.9 Å². The average Bonchev–Trinajstić information content (AvgIpc) is 3.04. The summed E-state index contributed by atoms with van der Waals surface area (Å²) in [6, 6.07) is 0.197. The van der Waals surface area contributed by atoms with Crippen LogP contribution in [0.25, 0.3) is 0 Å². The Bertz CT molecular complexity index is 867. The lowest BCUT2D eigenvalue weighted by atomic mass is 10.1. The van der Waals surface area contributed by atoms with Crippen LogP contribution in [0.3, 0.4) is 0 Å². The molecular formula is C13H17N5O4S. The highest BCUT2D eigenvalue weighted by molar-refractivity contribution is 7.92. The molecule has 124 valence electrons. The third kappa shape index (κ3) is 2.69. The molecule has 0 aromatic carbocycles. The SMILES string of the molecule is CC1CCCc2nc(S(=O)(=O)Nc3cnn(C)c3C(=O)O)cn21. The van der Waals surface area contributed by atoms with Crippen molar-refractivity contribution in [1.29, 1.82) is 0 Å². The van der Waals surface area contributed by atoms with E-state index in [1.54, 1.807) is 0 Å². The Kier molecular flexibility index (Phi) is 3.63. The van der Waals surface area contributed by atoms with Crippen LogP contribution in [0.15, 0.2) is 17.4 Å². The zero-order chi connectivity index (χ0) is 16.8. The summed E-state index contributed by atoms with van der Waals surface area (Å²) in [7, 11) is -2.54. The van der Waals surface area contributed by atoms with Crippen LogP contribution in [0.2, 0.25) is 0 Å². The predicted molar refractivity (Wildman–Crippen MR) is 80.9 cm³/mol. The summed E-state index contributed by atoms with van der Waals surface area (Å²) in [5.41, 5.74) is -0.315. The van der Waals surface area contributed by atoms with E-state index in [1.807, 2.05) is 11.5 Å². The first-order chi connectivity index (χ1) is 10.8. The van der Waals surface area contributed by atoms with Gasteiger partial charge in [0.15, 0.2) is 10.7 Å². The molecule has 23 heavy (non-hydrogen) atoms. The molecule has 9 nitrogen and oxygen atoms in total. The second-order valence-electron chi connectivity index (χ2n) is 5.58. The van der Waals surface area contributed by atoms with Crippen molar-refractivity contribution >= 4 is 21.7 Å².